The zero-order valence-corrected chi connectivity index (χ0v) is 14.9. The highest BCUT2D eigenvalue weighted by Gasteiger charge is 2.21. The van der Waals surface area contributed by atoms with E-state index in [1.165, 1.54) is 0 Å². The molecule has 0 aliphatic rings. The molecule has 130 valence electrons. The highest BCUT2D eigenvalue weighted by molar-refractivity contribution is 5.93. The second-order valence-electron chi connectivity index (χ2n) is 5.86. The Morgan fingerprint density at radius 1 is 1.32 bits per heavy atom. The molecule has 1 amide bonds. The third-order valence-corrected chi connectivity index (χ3v) is 4.13. The summed E-state index contributed by atoms with van der Waals surface area (Å²) in [5.74, 6) is 1.41. The van der Waals surface area contributed by atoms with Crippen LogP contribution in [0.1, 0.15) is 34.6 Å². The van der Waals surface area contributed by atoms with Gasteiger partial charge >= 0.3 is 0 Å². The van der Waals surface area contributed by atoms with Crippen molar-refractivity contribution in [3.63, 3.8) is 0 Å². The van der Waals surface area contributed by atoms with Crippen molar-refractivity contribution in [1.29, 1.82) is 0 Å². The van der Waals surface area contributed by atoms with Crippen molar-refractivity contribution >= 4 is 16.8 Å². The summed E-state index contributed by atoms with van der Waals surface area (Å²) in [6.07, 6.45) is 2.39. The maximum absolute atomic E-state index is 12.7. The van der Waals surface area contributed by atoms with Crippen molar-refractivity contribution in [1.82, 2.24) is 14.9 Å². The van der Waals surface area contributed by atoms with Crippen LogP contribution in [0.3, 0.4) is 0 Å². The predicted molar refractivity (Wildman–Crippen MR) is 94.7 cm³/mol. The molecule has 0 saturated carbocycles. The second-order valence-corrected chi connectivity index (χ2v) is 5.86. The smallest absolute Gasteiger partial charge is 0.291 e. The Kier molecular flexibility index (Phi) is 4.70. The summed E-state index contributed by atoms with van der Waals surface area (Å²) in [5.41, 5.74) is 2.40. The Morgan fingerprint density at radius 2 is 2.12 bits per heavy atom. The topological polar surface area (TPSA) is 68.5 Å². The molecule has 0 N–H and O–H groups in total. The highest BCUT2D eigenvalue weighted by atomic mass is 16.5. The number of hydrogen-bond donors (Lipinski definition) is 0. The first kappa shape index (κ1) is 17.0. The van der Waals surface area contributed by atoms with Crippen LogP contribution in [-0.4, -0.2) is 34.9 Å². The van der Waals surface area contributed by atoms with Gasteiger partial charge in [0.15, 0.2) is 5.89 Å². The Hall–Kier alpha value is -2.89. The van der Waals surface area contributed by atoms with Gasteiger partial charge in [0.1, 0.15) is 11.3 Å². The van der Waals surface area contributed by atoms with E-state index in [0.29, 0.717) is 36.1 Å². The summed E-state index contributed by atoms with van der Waals surface area (Å²) in [6, 6.07) is 7.68. The number of pyridine rings is 1. The molecule has 3 aromatic rings. The number of hydrogen-bond acceptors (Lipinski definition) is 5. The fourth-order valence-electron chi connectivity index (χ4n) is 2.81. The van der Waals surface area contributed by atoms with Crippen LogP contribution in [0, 0.1) is 6.92 Å². The van der Waals surface area contributed by atoms with Crippen molar-refractivity contribution in [2.45, 2.75) is 26.8 Å². The zero-order valence-electron chi connectivity index (χ0n) is 14.9. The summed E-state index contributed by atoms with van der Waals surface area (Å²) < 4.78 is 10.9. The van der Waals surface area contributed by atoms with E-state index in [4.69, 9.17) is 9.15 Å². The Bertz CT molecular complexity index is 917. The number of benzene rings is 1. The first-order valence-corrected chi connectivity index (χ1v) is 8.17. The number of aromatic nitrogens is 2. The van der Waals surface area contributed by atoms with Gasteiger partial charge in [0.25, 0.3) is 5.91 Å². The maximum Gasteiger partial charge on any atom is 0.291 e. The number of aryl methyl sites for hydroxylation is 2. The summed E-state index contributed by atoms with van der Waals surface area (Å²) in [5, 5.41) is 0.963. The van der Waals surface area contributed by atoms with Crippen LogP contribution in [0.5, 0.6) is 5.75 Å². The second kappa shape index (κ2) is 6.93. The zero-order chi connectivity index (χ0) is 18.0. The van der Waals surface area contributed by atoms with E-state index in [-0.39, 0.29) is 5.91 Å². The Balaban J connectivity index is 1.90. The minimum Gasteiger partial charge on any atom is -0.494 e. The predicted octanol–water partition coefficient (Wildman–Crippen LogP) is 3.37. The summed E-state index contributed by atoms with van der Waals surface area (Å²) in [7, 11) is 3.37. The number of nitrogens with zero attached hydrogens (tertiary/aromatic N) is 3. The third-order valence-electron chi connectivity index (χ3n) is 4.13. The highest BCUT2D eigenvalue weighted by Crippen LogP contribution is 2.27. The molecule has 0 bridgehead atoms. The molecule has 3 rings (SSSR count). The van der Waals surface area contributed by atoms with E-state index in [2.05, 4.69) is 9.97 Å². The molecule has 0 unspecified atom stereocenters. The molecule has 0 fully saturated rings. The molecule has 0 saturated heterocycles. The maximum atomic E-state index is 12.7. The molecule has 0 aliphatic heterocycles. The lowest BCUT2D eigenvalue weighted by molar-refractivity contribution is 0.0751. The molecule has 0 radical (unpaired) electrons. The van der Waals surface area contributed by atoms with Gasteiger partial charge in [0.05, 0.1) is 12.8 Å². The van der Waals surface area contributed by atoms with Crippen molar-refractivity contribution in [2.75, 3.05) is 14.2 Å². The van der Waals surface area contributed by atoms with Crippen molar-refractivity contribution in [3.05, 3.63) is 53.4 Å². The number of carbonyl (C=O) groups excluding carboxylic acids is 1. The molecule has 6 nitrogen and oxygen atoms in total. The number of ether oxygens (including phenoxy) is 1. The molecule has 0 spiro atoms. The first-order chi connectivity index (χ1) is 12.0. The average Bonchev–Trinajstić information content (AvgIpc) is 3.02. The van der Waals surface area contributed by atoms with E-state index in [0.717, 1.165) is 16.5 Å². The molecule has 1 aromatic carbocycles. The van der Waals surface area contributed by atoms with E-state index >= 15 is 0 Å². The Morgan fingerprint density at radius 3 is 2.80 bits per heavy atom. The van der Waals surface area contributed by atoms with Crippen LogP contribution in [0.25, 0.3) is 10.9 Å². The molecule has 0 atom stereocenters. The minimum absolute atomic E-state index is 0.183. The van der Waals surface area contributed by atoms with Gasteiger partial charge in [-0.2, -0.15) is 0 Å². The summed E-state index contributed by atoms with van der Waals surface area (Å²) in [6.45, 7) is 4.17. The number of amides is 1. The van der Waals surface area contributed by atoms with Gasteiger partial charge in [-0.15, -0.1) is 0 Å². The number of carbonyl (C=O) groups is 1. The third kappa shape index (κ3) is 3.20. The summed E-state index contributed by atoms with van der Waals surface area (Å²) >= 11 is 0. The van der Waals surface area contributed by atoms with E-state index in [1.54, 1.807) is 32.2 Å². The van der Waals surface area contributed by atoms with E-state index in [1.807, 2.05) is 31.2 Å². The van der Waals surface area contributed by atoms with Gasteiger partial charge in [-0.25, -0.2) is 4.98 Å². The van der Waals surface area contributed by atoms with E-state index < -0.39 is 0 Å². The summed E-state index contributed by atoms with van der Waals surface area (Å²) in [4.78, 5) is 23.0. The Labute approximate surface area is 146 Å². The van der Waals surface area contributed by atoms with Crippen molar-refractivity contribution in [3.8, 4) is 5.75 Å². The normalized spacial score (nSPS) is 10.9. The quantitative estimate of drug-likeness (QED) is 0.713. The number of fused-ring (bicyclic) bond motifs is 1. The fraction of sp³-hybridized carbons (Fsp3) is 0.316. The van der Waals surface area contributed by atoms with Crippen LogP contribution in [0.4, 0.5) is 0 Å². The number of oxazole rings is 1. The fourth-order valence-corrected chi connectivity index (χ4v) is 2.81. The molecule has 25 heavy (non-hydrogen) atoms. The largest absolute Gasteiger partial charge is 0.494 e. The minimum atomic E-state index is -0.183. The van der Waals surface area contributed by atoms with Crippen LogP contribution >= 0.6 is 0 Å². The molecular weight excluding hydrogens is 318 g/mol. The first-order valence-electron chi connectivity index (χ1n) is 8.17. The number of methoxy groups -OCH3 is 1. The van der Waals surface area contributed by atoms with Crippen molar-refractivity contribution in [2.24, 2.45) is 0 Å². The van der Waals surface area contributed by atoms with Gasteiger partial charge in [-0.1, -0.05) is 19.1 Å². The van der Waals surface area contributed by atoms with Gasteiger partial charge in [0, 0.05) is 31.6 Å². The van der Waals surface area contributed by atoms with Gasteiger partial charge < -0.3 is 14.1 Å². The SMILES string of the molecule is CCc1nc(C)c(C(=O)N(C)Cc2ccc(OC)c3ncccc23)o1. The monoisotopic (exact) mass is 339 g/mol. The van der Waals surface area contributed by atoms with Crippen LogP contribution in [0.2, 0.25) is 0 Å². The van der Waals surface area contributed by atoms with Gasteiger partial charge in [-0.3, -0.25) is 9.78 Å². The molecule has 0 aliphatic carbocycles. The van der Waals surface area contributed by atoms with E-state index in [9.17, 15) is 4.79 Å². The van der Waals surface area contributed by atoms with Gasteiger partial charge in [-0.05, 0) is 24.6 Å². The molecule has 6 heteroatoms. The van der Waals surface area contributed by atoms with Gasteiger partial charge in [0.2, 0.25) is 5.76 Å². The lowest BCUT2D eigenvalue weighted by Crippen LogP contribution is -2.26. The van der Waals surface area contributed by atoms with Crippen LogP contribution in [0.15, 0.2) is 34.9 Å². The molecular formula is C19H21N3O3. The lowest BCUT2D eigenvalue weighted by atomic mass is 10.1. The standard InChI is InChI=1S/C19H21N3O3/c1-5-16-21-12(2)18(25-16)19(23)22(3)11-13-8-9-15(24-4)17-14(13)7-6-10-20-17/h6-10H,5,11H2,1-4H3. The van der Waals surface area contributed by atoms with Crippen molar-refractivity contribution < 1.29 is 13.9 Å². The molecule has 2 heterocycles. The van der Waals surface area contributed by atoms with Crippen LogP contribution in [-0.2, 0) is 13.0 Å². The lowest BCUT2D eigenvalue weighted by Gasteiger charge is -2.18. The van der Waals surface area contributed by atoms with Crippen LogP contribution < -0.4 is 4.74 Å². The number of rotatable bonds is 5. The average molecular weight is 339 g/mol. The molecule has 2 aromatic heterocycles.